The van der Waals surface area contributed by atoms with Crippen LogP contribution in [0.15, 0.2) is 33.2 Å². The summed E-state index contributed by atoms with van der Waals surface area (Å²) in [4.78, 5) is 28.0. The van der Waals surface area contributed by atoms with E-state index < -0.39 is 5.91 Å². The predicted molar refractivity (Wildman–Crippen MR) is 78.1 cm³/mol. The van der Waals surface area contributed by atoms with Crippen LogP contribution in [-0.2, 0) is 6.54 Å². The van der Waals surface area contributed by atoms with E-state index in [0.717, 1.165) is 11.1 Å². The Balaban J connectivity index is 1.95. The number of hydrazine groups is 1. The van der Waals surface area contributed by atoms with Crippen LogP contribution in [0.3, 0.4) is 0 Å². The van der Waals surface area contributed by atoms with Crippen LogP contribution in [0.2, 0.25) is 0 Å². The molecule has 0 fully saturated rings. The molecule has 8 heteroatoms. The summed E-state index contributed by atoms with van der Waals surface area (Å²) in [5.74, 6) is 5.08. The van der Waals surface area contributed by atoms with Crippen molar-refractivity contribution in [3.05, 3.63) is 51.3 Å². The minimum atomic E-state index is -0.445. The molecule has 0 radical (unpaired) electrons. The number of carbonyl (C=O) groups excluding carboxylic acids is 1. The van der Waals surface area contributed by atoms with Gasteiger partial charge in [-0.1, -0.05) is 0 Å². The minimum absolute atomic E-state index is 0.126. The molecule has 0 aromatic carbocycles. The molecule has 0 saturated carbocycles. The lowest BCUT2D eigenvalue weighted by Gasteiger charge is -2.02. The normalized spacial score (nSPS) is 11.0. The maximum absolute atomic E-state index is 12.3. The third kappa shape index (κ3) is 2.34. The number of furan rings is 1. The van der Waals surface area contributed by atoms with Crippen LogP contribution in [-0.4, -0.2) is 15.5 Å². The average molecular weight is 304 g/mol. The number of aromatic nitrogens is 2. The van der Waals surface area contributed by atoms with E-state index in [1.54, 1.807) is 6.07 Å². The number of nitrogens with one attached hydrogen (secondary N) is 1. The summed E-state index contributed by atoms with van der Waals surface area (Å²) < 4.78 is 7.32. The molecule has 0 aliphatic heterocycles. The Kier molecular flexibility index (Phi) is 3.32. The first-order chi connectivity index (χ1) is 10.1. The van der Waals surface area contributed by atoms with E-state index in [0.29, 0.717) is 16.0 Å². The van der Waals surface area contributed by atoms with Gasteiger partial charge in [-0.15, -0.1) is 11.3 Å². The van der Waals surface area contributed by atoms with E-state index in [2.05, 4.69) is 4.98 Å². The summed E-state index contributed by atoms with van der Waals surface area (Å²) in [6.45, 7) is 2.12. The molecule has 21 heavy (non-hydrogen) atoms. The SMILES string of the molecule is Cc1csc2c(=O)n(Cc3cc(C(=O)NN)co3)cnc12. The molecule has 1 amide bonds. The fourth-order valence-electron chi connectivity index (χ4n) is 2.01. The highest BCUT2D eigenvalue weighted by molar-refractivity contribution is 7.17. The van der Waals surface area contributed by atoms with Crippen molar-refractivity contribution in [2.45, 2.75) is 13.5 Å². The van der Waals surface area contributed by atoms with Crippen LogP contribution >= 0.6 is 11.3 Å². The predicted octanol–water partition coefficient (Wildman–Crippen LogP) is 1.01. The number of rotatable bonds is 3. The second-order valence-electron chi connectivity index (χ2n) is 4.55. The van der Waals surface area contributed by atoms with Gasteiger partial charge in [0, 0.05) is 0 Å². The first-order valence-corrected chi connectivity index (χ1v) is 6.99. The zero-order chi connectivity index (χ0) is 15.0. The van der Waals surface area contributed by atoms with Crippen LogP contribution in [0.25, 0.3) is 10.2 Å². The van der Waals surface area contributed by atoms with Crippen molar-refractivity contribution >= 4 is 27.5 Å². The molecule has 0 spiro atoms. The van der Waals surface area contributed by atoms with Crippen LogP contribution in [0.5, 0.6) is 0 Å². The number of amides is 1. The molecule has 0 bridgehead atoms. The highest BCUT2D eigenvalue weighted by atomic mass is 32.1. The molecule has 0 atom stereocenters. The molecule has 108 valence electrons. The van der Waals surface area contributed by atoms with Gasteiger partial charge in [0.2, 0.25) is 0 Å². The lowest BCUT2D eigenvalue weighted by molar-refractivity contribution is 0.0953. The fraction of sp³-hybridized carbons (Fsp3) is 0.154. The monoisotopic (exact) mass is 304 g/mol. The number of nitrogen functional groups attached to an aromatic ring is 1. The Bertz CT molecular complexity index is 877. The maximum Gasteiger partial charge on any atom is 0.271 e. The van der Waals surface area contributed by atoms with E-state index >= 15 is 0 Å². The maximum atomic E-state index is 12.3. The Hall–Kier alpha value is -2.45. The van der Waals surface area contributed by atoms with Gasteiger partial charge < -0.3 is 4.42 Å². The molecule has 3 aromatic rings. The van der Waals surface area contributed by atoms with Gasteiger partial charge in [-0.05, 0) is 23.9 Å². The molecule has 3 heterocycles. The molecule has 3 N–H and O–H groups in total. The van der Waals surface area contributed by atoms with Crippen molar-refractivity contribution in [3.63, 3.8) is 0 Å². The first-order valence-electron chi connectivity index (χ1n) is 6.11. The Labute approximate surface area is 123 Å². The highest BCUT2D eigenvalue weighted by Crippen LogP contribution is 2.19. The quantitative estimate of drug-likeness (QED) is 0.427. The number of hydrogen-bond donors (Lipinski definition) is 2. The van der Waals surface area contributed by atoms with Gasteiger partial charge in [0.15, 0.2) is 0 Å². The second kappa shape index (κ2) is 5.15. The lowest BCUT2D eigenvalue weighted by Crippen LogP contribution is -2.29. The zero-order valence-electron chi connectivity index (χ0n) is 11.1. The summed E-state index contributed by atoms with van der Waals surface area (Å²) in [7, 11) is 0. The number of nitrogens with zero attached hydrogens (tertiary/aromatic N) is 2. The fourth-order valence-corrected chi connectivity index (χ4v) is 2.96. The van der Waals surface area contributed by atoms with Gasteiger partial charge >= 0.3 is 0 Å². The number of carbonyl (C=O) groups is 1. The van der Waals surface area contributed by atoms with Crippen molar-refractivity contribution in [1.82, 2.24) is 15.0 Å². The lowest BCUT2D eigenvalue weighted by atomic mass is 10.3. The van der Waals surface area contributed by atoms with Gasteiger partial charge in [0.25, 0.3) is 11.5 Å². The summed E-state index contributed by atoms with van der Waals surface area (Å²) in [6, 6.07) is 1.54. The summed E-state index contributed by atoms with van der Waals surface area (Å²) in [5.41, 5.74) is 3.91. The smallest absolute Gasteiger partial charge is 0.271 e. The third-order valence-electron chi connectivity index (χ3n) is 3.10. The number of hydrogen-bond acceptors (Lipinski definition) is 6. The Morgan fingerprint density at radius 2 is 2.38 bits per heavy atom. The molecule has 0 saturated heterocycles. The largest absolute Gasteiger partial charge is 0.467 e. The molecule has 7 nitrogen and oxygen atoms in total. The van der Waals surface area contributed by atoms with Gasteiger partial charge in [-0.25, -0.2) is 10.8 Å². The third-order valence-corrected chi connectivity index (χ3v) is 4.17. The highest BCUT2D eigenvalue weighted by Gasteiger charge is 2.12. The van der Waals surface area contributed by atoms with Crippen LogP contribution in [0.4, 0.5) is 0 Å². The molecule has 3 aromatic heterocycles. The van der Waals surface area contributed by atoms with E-state index in [1.807, 2.05) is 17.7 Å². The van der Waals surface area contributed by atoms with Crippen LogP contribution in [0, 0.1) is 6.92 Å². The van der Waals surface area contributed by atoms with E-state index in [-0.39, 0.29) is 12.1 Å². The Morgan fingerprint density at radius 3 is 3.14 bits per heavy atom. The number of aryl methyl sites for hydroxylation is 1. The summed E-state index contributed by atoms with van der Waals surface area (Å²) in [5, 5.41) is 1.90. The molecule has 0 aliphatic carbocycles. The van der Waals surface area contributed by atoms with Gasteiger partial charge in [0.05, 0.1) is 24.0 Å². The summed E-state index contributed by atoms with van der Waals surface area (Å²) >= 11 is 1.37. The van der Waals surface area contributed by atoms with Crippen LogP contribution < -0.4 is 16.8 Å². The van der Waals surface area contributed by atoms with Crippen molar-refractivity contribution in [3.8, 4) is 0 Å². The zero-order valence-corrected chi connectivity index (χ0v) is 11.9. The van der Waals surface area contributed by atoms with Crippen molar-refractivity contribution in [1.29, 1.82) is 0 Å². The second-order valence-corrected chi connectivity index (χ2v) is 5.43. The van der Waals surface area contributed by atoms with Crippen molar-refractivity contribution in [2.24, 2.45) is 5.84 Å². The standard InChI is InChI=1S/C13H12N4O3S/c1-7-5-21-11-10(7)15-6-17(13(11)19)3-9-2-8(4-20-9)12(18)16-14/h2,4-6H,3,14H2,1H3,(H,16,18). The number of nitrogens with two attached hydrogens (primary N) is 1. The molecule has 0 aliphatic rings. The van der Waals surface area contributed by atoms with Crippen LogP contribution in [0.1, 0.15) is 21.7 Å². The topological polar surface area (TPSA) is 103 Å². The number of fused-ring (bicyclic) bond motifs is 1. The molecule has 0 unspecified atom stereocenters. The van der Waals surface area contributed by atoms with Gasteiger partial charge in [0.1, 0.15) is 16.7 Å². The van der Waals surface area contributed by atoms with Crippen molar-refractivity contribution in [2.75, 3.05) is 0 Å². The Morgan fingerprint density at radius 1 is 1.57 bits per heavy atom. The molecular formula is C13H12N4O3S. The van der Waals surface area contributed by atoms with E-state index in [9.17, 15) is 9.59 Å². The van der Waals surface area contributed by atoms with Gasteiger partial charge in [-0.3, -0.25) is 19.6 Å². The van der Waals surface area contributed by atoms with E-state index in [4.69, 9.17) is 10.3 Å². The van der Waals surface area contributed by atoms with E-state index in [1.165, 1.54) is 28.5 Å². The van der Waals surface area contributed by atoms with Gasteiger partial charge in [-0.2, -0.15) is 0 Å². The van der Waals surface area contributed by atoms with Crippen molar-refractivity contribution < 1.29 is 9.21 Å². The molecular weight excluding hydrogens is 292 g/mol. The first kappa shape index (κ1) is 13.5. The average Bonchev–Trinajstić information content (AvgIpc) is 3.09. The summed E-state index contributed by atoms with van der Waals surface area (Å²) in [6.07, 6.45) is 2.78. The minimum Gasteiger partial charge on any atom is -0.467 e. The number of thiophene rings is 1. The molecule has 3 rings (SSSR count).